The lowest BCUT2D eigenvalue weighted by Crippen LogP contribution is -2.24. The molecule has 0 bridgehead atoms. The molecule has 0 fully saturated rings. The minimum absolute atomic E-state index is 0.0609. The van der Waals surface area contributed by atoms with E-state index in [-0.39, 0.29) is 11.4 Å². The SMILES string of the molecule is CCC(C)(C)OCCC(C)CCS(N)(=O)=O. The molecular weight excluding hydrogens is 226 g/mol. The van der Waals surface area contributed by atoms with E-state index in [0.29, 0.717) is 18.9 Å². The second-order valence-corrected chi connectivity index (χ2v) is 6.75. The van der Waals surface area contributed by atoms with Crippen LogP contribution in [0.2, 0.25) is 0 Å². The number of hydrogen-bond acceptors (Lipinski definition) is 3. The van der Waals surface area contributed by atoms with Crippen LogP contribution in [-0.4, -0.2) is 26.4 Å². The largest absolute Gasteiger partial charge is 0.376 e. The Bertz CT molecular complexity index is 286. The van der Waals surface area contributed by atoms with E-state index in [1.54, 1.807) is 0 Å². The van der Waals surface area contributed by atoms with Crippen LogP contribution in [0.4, 0.5) is 0 Å². The summed E-state index contributed by atoms with van der Waals surface area (Å²) >= 11 is 0. The van der Waals surface area contributed by atoms with Crippen LogP contribution in [0.5, 0.6) is 0 Å². The predicted molar refractivity (Wildman–Crippen MR) is 66.7 cm³/mol. The summed E-state index contributed by atoms with van der Waals surface area (Å²) in [6, 6.07) is 0. The van der Waals surface area contributed by atoms with Gasteiger partial charge in [0.15, 0.2) is 0 Å². The van der Waals surface area contributed by atoms with E-state index in [4.69, 9.17) is 9.88 Å². The summed E-state index contributed by atoms with van der Waals surface area (Å²) in [6.45, 7) is 8.90. The molecule has 1 atom stereocenters. The van der Waals surface area contributed by atoms with Crippen molar-refractivity contribution < 1.29 is 13.2 Å². The summed E-state index contributed by atoms with van der Waals surface area (Å²) in [7, 11) is -3.32. The number of rotatable bonds is 8. The van der Waals surface area contributed by atoms with Crippen molar-refractivity contribution >= 4 is 10.0 Å². The van der Waals surface area contributed by atoms with Crippen LogP contribution >= 0.6 is 0 Å². The van der Waals surface area contributed by atoms with Crippen molar-refractivity contribution in [2.24, 2.45) is 11.1 Å². The van der Waals surface area contributed by atoms with E-state index in [0.717, 1.165) is 12.8 Å². The molecule has 0 saturated carbocycles. The van der Waals surface area contributed by atoms with Crippen molar-refractivity contribution in [2.45, 2.75) is 52.6 Å². The van der Waals surface area contributed by atoms with Crippen LogP contribution in [0.15, 0.2) is 0 Å². The van der Waals surface area contributed by atoms with Crippen LogP contribution in [0.1, 0.15) is 47.0 Å². The minimum Gasteiger partial charge on any atom is -0.376 e. The molecule has 0 heterocycles. The molecule has 5 heteroatoms. The van der Waals surface area contributed by atoms with E-state index in [1.807, 2.05) is 6.92 Å². The summed E-state index contributed by atoms with van der Waals surface area (Å²) in [5, 5.41) is 4.94. The lowest BCUT2D eigenvalue weighted by molar-refractivity contribution is -0.0251. The molecule has 0 aliphatic carbocycles. The molecule has 0 rings (SSSR count). The lowest BCUT2D eigenvalue weighted by Gasteiger charge is -2.24. The standard InChI is InChI=1S/C11H25NO3S/c1-5-11(3,4)15-8-6-10(2)7-9-16(12,13)14/h10H,5-9H2,1-4H3,(H2,12,13,14). The number of ether oxygens (including phenoxy) is 1. The first-order chi connectivity index (χ1) is 7.16. The summed E-state index contributed by atoms with van der Waals surface area (Å²) in [6.07, 6.45) is 2.45. The van der Waals surface area contributed by atoms with Gasteiger partial charge in [0.05, 0.1) is 11.4 Å². The molecular formula is C11H25NO3S. The van der Waals surface area contributed by atoms with E-state index < -0.39 is 10.0 Å². The molecule has 1 unspecified atom stereocenters. The highest BCUT2D eigenvalue weighted by atomic mass is 32.2. The molecule has 0 radical (unpaired) electrons. The normalized spacial score (nSPS) is 15.1. The average Bonchev–Trinajstić information content (AvgIpc) is 2.13. The monoisotopic (exact) mass is 251 g/mol. The summed E-state index contributed by atoms with van der Waals surface area (Å²) in [5.41, 5.74) is -0.0837. The number of nitrogens with two attached hydrogens (primary N) is 1. The van der Waals surface area contributed by atoms with Crippen molar-refractivity contribution in [2.75, 3.05) is 12.4 Å². The topological polar surface area (TPSA) is 69.4 Å². The molecule has 0 aromatic rings. The van der Waals surface area contributed by atoms with Gasteiger partial charge in [0.1, 0.15) is 0 Å². The fraction of sp³-hybridized carbons (Fsp3) is 1.00. The first kappa shape index (κ1) is 15.9. The molecule has 2 N–H and O–H groups in total. The summed E-state index contributed by atoms with van der Waals surface area (Å²) < 4.78 is 27.2. The van der Waals surface area contributed by atoms with Gasteiger partial charge in [-0.25, -0.2) is 13.6 Å². The van der Waals surface area contributed by atoms with Gasteiger partial charge in [0.2, 0.25) is 10.0 Å². The Balaban J connectivity index is 3.71. The number of sulfonamides is 1. The molecule has 0 aromatic carbocycles. The third-order valence-corrected chi connectivity index (χ3v) is 3.65. The van der Waals surface area contributed by atoms with E-state index in [1.165, 1.54) is 0 Å². The molecule has 0 aliphatic heterocycles. The predicted octanol–water partition coefficient (Wildman–Crippen LogP) is 1.90. The van der Waals surface area contributed by atoms with Gasteiger partial charge in [-0.15, -0.1) is 0 Å². The van der Waals surface area contributed by atoms with Crippen molar-refractivity contribution in [1.82, 2.24) is 0 Å². The number of primary sulfonamides is 1. The maximum atomic E-state index is 10.8. The van der Waals surface area contributed by atoms with E-state index in [2.05, 4.69) is 20.8 Å². The van der Waals surface area contributed by atoms with Gasteiger partial charge >= 0.3 is 0 Å². The second-order valence-electron chi connectivity index (χ2n) is 5.01. The second kappa shape index (κ2) is 6.57. The van der Waals surface area contributed by atoms with Gasteiger partial charge in [-0.3, -0.25) is 0 Å². The van der Waals surface area contributed by atoms with Crippen LogP contribution in [-0.2, 0) is 14.8 Å². The molecule has 0 amide bonds. The van der Waals surface area contributed by atoms with Gasteiger partial charge < -0.3 is 4.74 Å². The third kappa shape index (κ3) is 9.12. The molecule has 98 valence electrons. The Labute approximate surface area is 99.6 Å². The summed E-state index contributed by atoms with van der Waals surface area (Å²) in [5.74, 6) is 0.386. The van der Waals surface area contributed by atoms with Crippen molar-refractivity contribution in [3.8, 4) is 0 Å². The van der Waals surface area contributed by atoms with Crippen LogP contribution in [0.25, 0.3) is 0 Å². The first-order valence-electron chi connectivity index (χ1n) is 5.81. The van der Waals surface area contributed by atoms with Gasteiger partial charge in [-0.2, -0.15) is 0 Å². The Morgan fingerprint density at radius 2 is 1.88 bits per heavy atom. The van der Waals surface area contributed by atoms with Crippen LogP contribution in [0.3, 0.4) is 0 Å². The highest BCUT2D eigenvalue weighted by Gasteiger charge is 2.15. The van der Waals surface area contributed by atoms with Crippen LogP contribution in [0, 0.1) is 5.92 Å². The maximum Gasteiger partial charge on any atom is 0.209 e. The average molecular weight is 251 g/mol. The zero-order valence-electron chi connectivity index (χ0n) is 10.8. The molecule has 0 spiro atoms. The Morgan fingerprint density at radius 1 is 1.31 bits per heavy atom. The van der Waals surface area contributed by atoms with E-state index >= 15 is 0 Å². The molecule has 4 nitrogen and oxygen atoms in total. The summed E-state index contributed by atoms with van der Waals surface area (Å²) in [4.78, 5) is 0. The third-order valence-electron chi connectivity index (χ3n) is 2.85. The quantitative estimate of drug-likeness (QED) is 0.716. The van der Waals surface area contributed by atoms with E-state index in [9.17, 15) is 8.42 Å². The van der Waals surface area contributed by atoms with Crippen molar-refractivity contribution in [3.63, 3.8) is 0 Å². The minimum atomic E-state index is -3.32. The van der Waals surface area contributed by atoms with Gasteiger partial charge in [0, 0.05) is 6.61 Å². The number of hydrogen-bond donors (Lipinski definition) is 1. The fourth-order valence-electron chi connectivity index (χ4n) is 1.15. The Morgan fingerprint density at radius 3 is 2.31 bits per heavy atom. The zero-order valence-corrected chi connectivity index (χ0v) is 11.6. The highest BCUT2D eigenvalue weighted by Crippen LogP contribution is 2.16. The van der Waals surface area contributed by atoms with Gasteiger partial charge in [-0.05, 0) is 39.0 Å². The van der Waals surface area contributed by atoms with Crippen molar-refractivity contribution in [3.05, 3.63) is 0 Å². The first-order valence-corrected chi connectivity index (χ1v) is 7.52. The Hall–Kier alpha value is -0.130. The molecule has 0 aliphatic rings. The van der Waals surface area contributed by atoms with Gasteiger partial charge in [-0.1, -0.05) is 13.8 Å². The van der Waals surface area contributed by atoms with Gasteiger partial charge in [0.25, 0.3) is 0 Å². The van der Waals surface area contributed by atoms with Crippen molar-refractivity contribution in [1.29, 1.82) is 0 Å². The lowest BCUT2D eigenvalue weighted by atomic mass is 10.0. The Kier molecular flexibility index (Phi) is 6.51. The molecule has 0 aromatic heterocycles. The highest BCUT2D eigenvalue weighted by molar-refractivity contribution is 7.89. The fourth-order valence-corrected chi connectivity index (χ4v) is 1.88. The van der Waals surface area contributed by atoms with Crippen LogP contribution < -0.4 is 5.14 Å². The molecule has 16 heavy (non-hydrogen) atoms. The maximum absolute atomic E-state index is 10.8. The zero-order chi connectivity index (χ0) is 12.8. The molecule has 0 saturated heterocycles. The smallest absolute Gasteiger partial charge is 0.209 e.